The van der Waals surface area contributed by atoms with Crippen LogP contribution in [0.2, 0.25) is 0 Å². The van der Waals surface area contributed by atoms with E-state index >= 15 is 0 Å². The Kier molecular flexibility index (Phi) is 8.41. The number of carboxylic acids is 1. The van der Waals surface area contributed by atoms with Crippen LogP contribution in [0.4, 0.5) is 0 Å². The number of hydrogen-bond donors (Lipinski definition) is 3. The van der Waals surface area contributed by atoms with Crippen molar-refractivity contribution in [1.82, 2.24) is 5.32 Å². The van der Waals surface area contributed by atoms with Crippen LogP contribution in [-0.2, 0) is 14.3 Å². The Bertz CT molecular complexity index is 313. The fourth-order valence-electron chi connectivity index (χ4n) is 2.01. The molecule has 0 bridgehead atoms. The number of carboxylic acid groups (broad SMARTS) is 1. The van der Waals surface area contributed by atoms with Gasteiger partial charge in [-0.15, -0.1) is 0 Å². The van der Waals surface area contributed by atoms with E-state index in [0.29, 0.717) is 25.9 Å². The number of hydrogen-bond acceptors (Lipinski definition) is 4. The molecule has 0 saturated carbocycles. The highest BCUT2D eigenvalue weighted by atomic mass is 16.5. The number of nitrogens with two attached hydrogens (primary N) is 1. The summed E-state index contributed by atoms with van der Waals surface area (Å²) in [6.07, 6.45) is 1.73. The van der Waals surface area contributed by atoms with Crippen LogP contribution in [0.1, 0.15) is 46.5 Å². The second-order valence-corrected chi connectivity index (χ2v) is 6.31. The normalized spacial score (nSPS) is 14.7. The number of rotatable bonds is 9. The minimum Gasteiger partial charge on any atom is -0.481 e. The molecule has 0 aliphatic heterocycles. The predicted molar refractivity (Wildman–Crippen MR) is 77.3 cm³/mol. The van der Waals surface area contributed by atoms with Gasteiger partial charge in [-0.1, -0.05) is 20.8 Å². The Morgan fingerprint density at radius 2 is 1.95 bits per heavy atom. The van der Waals surface area contributed by atoms with Crippen LogP contribution >= 0.6 is 0 Å². The molecule has 0 aliphatic rings. The number of methoxy groups -OCH3 is 1. The van der Waals surface area contributed by atoms with Crippen LogP contribution in [0.15, 0.2) is 0 Å². The molecule has 2 atom stereocenters. The molecular formula is C14H28N2O4. The average molecular weight is 288 g/mol. The fourth-order valence-corrected chi connectivity index (χ4v) is 2.01. The van der Waals surface area contributed by atoms with E-state index in [2.05, 4.69) is 5.32 Å². The van der Waals surface area contributed by atoms with Crippen molar-refractivity contribution in [2.75, 3.05) is 13.7 Å². The topological polar surface area (TPSA) is 102 Å². The van der Waals surface area contributed by atoms with E-state index in [1.807, 2.05) is 20.8 Å². The van der Waals surface area contributed by atoms with Crippen molar-refractivity contribution in [3.63, 3.8) is 0 Å². The molecule has 0 aromatic heterocycles. The summed E-state index contributed by atoms with van der Waals surface area (Å²) in [4.78, 5) is 22.8. The zero-order valence-electron chi connectivity index (χ0n) is 12.9. The van der Waals surface area contributed by atoms with Crippen molar-refractivity contribution in [2.24, 2.45) is 11.1 Å². The summed E-state index contributed by atoms with van der Waals surface area (Å²) >= 11 is 0. The predicted octanol–water partition coefficient (Wildman–Crippen LogP) is 1.14. The summed E-state index contributed by atoms with van der Waals surface area (Å²) < 4.78 is 4.91. The summed E-state index contributed by atoms with van der Waals surface area (Å²) in [6, 6.07) is -1.02. The average Bonchev–Trinajstić information content (AvgIpc) is 2.25. The molecule has 6 heteroatoms. The maximum absolute atomic E-state index is 11.9. The third kappa shape index (κ3) is 9.75. The van der Waals surface area contributed by atoms with Crippen LogP contribution in [0.5, 0.6) is 0 Å². The lowest BCUT2D eigenvalue weighted by Gasteiger charge is -2.26. The molecule has 0 radical (unpaired) electrons. The van der Waals surface area contributed by atoms with Crippen molar-refractivity contribution in [3.05, 3.63) is 0 Å². The van der Waals surface area contributed by atoms with E-state index in [1.165, 1.54) is 0 Å². The molecule has 6 nitrogen and oxygen atoms in total. The van der Waals surface area contributed by atoms with Crippen molar-refractivity contribution in [3.8, 4) is 0 Å². The molecule has 1 amide bonds. The second kappa shape index (κ2) is 8.92. The number of aliphatic carboxylic acids is 1. The first kappa shape index (κ1) is 18.9. The highest BCUT2D eigenvalue weighted by Crippen LogP contribution is 2.22. The first-order chi connectivity index (χ1) is 9.15. The Hall–Kier alpha value is -1.14. The van der Waals surface area contributed by atoms with Crippen LogP contribution in [-0.4, -0.2) is 42.8 Å². The van der Waals surface area contributed by atoms with Gasteiger partial charge >= 0.3 is 5.97 Å². The number of carbonyl (C=O) groups excluding carboxylic acids is 1. The Balaban J connectivity index is 4.40. The van der Waals surface area contributed by atoms with E-state index in [9.17, 15) is 9.59 Å². The van der Waals surface area contributed by atoms with Crippen LogP contribution < -0.4 is 11.1 Å². The molecule has 0 aromatic carbocycles. The molecule has 0 rings (SSSR count). The SMILES string of the molecule is COCCCC(N)C(=O)NC(CC(=O)O)CC(C)(C)C. The molecule has 0 aromatic rings. The number of ether oxygens (including phenoxy) is 1. The minimum atomic E-state index is -0.924. The van der Waals surface area contributed by atoms with Gasteiger partial charge in [0.05, 0.1) is 12.5 Å². The summed E-state index contributed by atoms with van der Waals surface area (Å²) in [6.45, 7) is 6.58. The molecule has 2 unspecified atom stereocenters. The van der Waals surface area contributed by atoms with Gasteiger partial charge in [0.2, 0.25) is 5.91 Å². The number of carbonyl (C=O) groups is 2. The molecular weight excluding hydrogens is 260 g/mol. The lowest BCUT2D eigenvalue weighted by atomic mass is 9.87. The fraction of sp³-hybridized carbons (Fsp3) is 0.857. The molecule has 118 valence electrons. The van der Waals surface area contributed by atoms with E-state index in [4.69, 9.17) is 15.6 Å². The lowest BCUT2D eigenvalue weighted by Crippen LogP contribution is -2.47. The summed E-state index contributed by atoms with van der Waals surface area (Å²) in [5, 5.41) is 11.7. The van der Waals surface area contributed by atoms with E-state index in [1.54, 1.807) is 7.11 Å². The highest BCUT2D eigenvalue weighted by molar-refractivity contribution is 5.82. The highest BCUT2D eigenvalue weighted by Gasteiger charge is 2.24. The lowest BCUT2D eigenvalue weighted by molar-refractivity contribution is -0.138. The van der Waals surface area contributed by atoms with E-state index in [-0.39, 0.29) is 17.7 Å². The molecule has 0 spiro atoms. The van der Waals surface area contributed by atoms with Crippen molar-refractivity contribution in [2.45, 2.75) is 58.5 Å². The Morgan fingerprint density at radius 3 is 2.40 bits per heavy atom. The molecule has 0 aliphatic carbocycles. The molecule has 4 N–H and O–H groups in total. The van der Waals surface area contributed by atoms with Gasteiger partial charge in [-0.25, -0.2) is 0 Å². The van der Waals surface area contributed by atoms with Gasteiger partial charge in [0.25, 0.3) is 0 Å². The van der Waals surface area contributed by atoms with Crippen molar-refractivity contribution < 1.29 is 19.4 Å². The summed E-state index contributed by atoms with van der Waals surface area (Å²) in [5.74, 6) is -1.22. The summed E-state index contributed by atoms with van der Waals surface area (Å²) in [5.41, 5.74) is 5.72. The summed E-state index contributed by atoms with van der Waals surface area (Å²) in [7, 11) is 1.60. The van der Waals surface area contributed by atoms with Gasteiger partial charge in [0.15, 0.2) is 0 Å². The maximum Gasteiger partial charge on any atom is 0.305 e. The second-order valence-electron chi connectivity index (χ2n) is 6.31. The van der Waals surface area contributed by atoms with Crippen molar-refractivity contribution in [1.29, 1.82) is 0 Å². The Morgan fingerprint density at radius 1 is 1.35 bits per heavy atom. The molecule has 0 saturated heterocycles. The molecule has 0 fully saturated rings. The number of nitrogens with one attached hydrogen (secondary N) is 1. The quantitative estimate of drug-likeness (QED) is 0.552. The van der Waals surface area contributed by atoms with Crippen LogP contribution in [0, 0.1) is 5.41 Å². The van der Waals surface area contributed by atoms with E-state index in [0.717, 1.165) is 0 Å². The standard InChI is InChI=1S/C14H28N2O4/c1-14(2,3)9-10(8-12(17)18)16-13(19)11(15)6-5-7-20-4/h10-11H,5-9,15H2,1-4H3,(H,16,19)(H,17,18). The van der Waals surface area contributed by atoms with Crippen molar-refractivity contribution >= 4 is 11.9 Å². The largest absolute Gasteiger partial charge is 0.481 e. The van der Waals surface area contributed by atoms with Gasteiger partial charge in [-0.3, -0.25) is 9.59 Å². The van der Waals surface area contributed by atoms with Gasteiger partial charge in [0.1, 0.15) is 0 Å². The van der Waals surface area contributed by atoms with Gasteiger partial charge in [0, 0.05) is 19.8 Å². The number of amides is 1. The minimum absolute atomic E-state index is 0.0620. The zero-order valence-corrected chi connectivity index (χ0v) is 12.9. The first-order valence-electron chi connectivity index (χ1n) is 6.92. The third-order valence-corrected chi connectivity index (χ3v) is 2.83. The maximum atomic E-state index is 11.9. The monoisotopic (exact) mass is 288 g/mol. The van der Waals surface area contributed by atoms with Crippen LogP contribution in [0.3, 0.4) is 0 Å². The van der Waals surface area contributed by atoms with Gasteiger partial charge in [-0.05, 0) is 24.7 Å². The smallest absolute Gasteiger partial charge is 0.305 e. The third-order valence-electron chi connectivity index (χ3n) is 2.83. The van der Waals surface area contributed by atoms with Gasteiger partial charge < -0.3 is 20.9 Å². The van der Waals surface area contributed by atoms with E-state index < -0.39 is 18.1 Å². The Labute approximate surface area is 121 Å². The first-order valence-corrected chi connectivity index (χ1v) is 6.92. The molecule has 0 heterocycles. The molecule has 20 heavy (non-hydrogen) atoms. The van der Waals surface area contributed by atoms with Gasteiger partial charge in [-0.2, -0.15) is 0 Å². The van der Waals surface area contributed by atoms with Crippen LogP contribution in [0.25, 0.3) is 0 Å². The zero-order chi connectivity index (χ0) is 15.8.